The van der Waals surface area contributed by atoms with E-state index in [2.05, 4.69) is 10.3 Å². The van der Waals surface area contributed by atoms with E-state index in [0.717, 1.165) is 5.56 Å². The number of methoxy groups -OCH3 is 1. The number of carbonyl (C=O) groups is 2. The molecule has 0 aliphatic rings. The molecule has 0 unspecified atom stereocenters. The summed E-state index contributed by atoms with van der Waals surface area (Å²) in [6.07, 6.45) is 0.553. The van der Waals surface area contributed by atoms with Crippen LogP contribution in [0.5, 0.6) is 0 Å². The van der Waals surface area contributed by atoms with E-state index < -0.39 is 17.7 Å². The molecule has 0 atom stereocenters. The number of hydrogen-bond acceptors (Lipinski definition) is 3. The highest BCUT2D eigenvalue weighted by atomic mass is 19.1. The first kappa shape index (κ1) is 16.7. The molecule has 0 radical (unpaired) electrons. The summed E-state index contributed by atoms with van der Waals surface area (Å²) in [5, 5.41) is 2.67. The monoisotopic (exact) mass is 318 g/mol. The Balaban J connectivity index is 2.38. The standard InChI is InChI=1S/C17H19FN2O3/c1-5-12-14(17(22)23-4)10(3)15(19-12)16(21)20-13-8-11(18)7-6-9(13)2/h6-8,19H,5H2,1-4H3,(H,20,21). The lowest BCUT2D eigenvalue weighted by atomic mass is 10.1. The van der Waals surface area contributed by atoms with Crippen molar-refractivity contribution in [2.45, 2.75) is 27.2 Å². The molecule has 0 aliphatic heterocycles. The average Bonchev–Trinajstić information content (AvgIpc) is 2.87. The summed E-state index contributed by atoms with van der Waals surface area (Å²) in [5.74, 6) is -1.35. The summed E-state index contributed by atoms with van der Waals surface area (Å²) in [7, 11) is 1.30. The van der Waals surface area contributed by atoms with Crippen LogP contribution in [0.4, 0.5) is 10.1 Å². The molecule has 0 spiro atoms. The van der Waals surface area contributed by atoms with Gasteiger partial charge in [-0.3, -0.25) is 4.79 Å². The Morgan fingerprint density at radius 2 is 2.00 bits per heavy atom. The van der Waals surface area contributed by atoms with Gasteiger partial charge in [0.15, 0.2) is 0 Å². The second-order valence-electron chi connectivity index (χ2n) is 5.24. The van der Waals surface area contributed by atoms with E-state index in [4.69, 9.17) is 4.74 Å². The fraction of sp³-hybridized carbons (Fsp3) is 0.294. The van der Waals surface area contributed by atoms with Gasteiger partial charge in [0, 0.05) is 11.4 Å². The van der Waals surface area contributed by atoms with Crippen molar-refractivity contribution in [2.75, 3.05) is 12.4 Å². The number of ether oxygens (including phenoxy) is 1. The minimum atomic E-state index is -0.489. The lowest BCUT2D eigenvalue weighted by Gasteiger charge is -2.08. The summed E-state index contributed by atoms with van der Waals surface area (Å²) < 4.78 is 18.1. The first-order valence-corrected chi connectivity index (χ1v) is 7.26. The second-order valence-corrected chi connectivity index (χ2v) is 5.24. The van der Waals surface area contributed by atoms with Crippen LogP contribution in [0.1, 0.15) is 44.6 Å². The van der Waals surface area contributed by atoms with Crippen LogP contribution in [0.15, 0.2) is 18.2 Å². The van der Waals surface area contributed by atoms with Crippen LogP contribution in [0, 0.1) is 19.7 Å². The zero-order valence-corrected chi connectivity index (χ0v) is 13.5. The number of nitrogens with one attached hydrogen (secondary N) is 2. The smallest absolute Gasteiger partial charge is 0.339 e. The molecule has 2 N–H and O–H groups in total. The van der Waals surface area contributed by atoms with Crippen LogP contribution in [-0.2, 0) is 11.2 Å². The normalized spacial score (nSPS) is 10.5. The minimum absolute atomic E-state index is 0.269. The molecule has 23 heavy (non-hydrogen) atoms. The third-order valence-electron chi connectivity index (χ3n) is 3.75. The first-order chi connectivity index (χ1) is 10.9. The van der Waals surface area contributed by atoms with Crippen molar-refractivity contribution >= 4 is 17.6 Å². The number of aromatic amines is 1. The molecule has 6 heteroatoms. The van der Waals surface area contributed by atoms with E-state index in [1.807, 2.05) is 6.92 Å². The highest BCUT2D eigenvalue weighted by Gasteiger charge is 2.23. The van der Waals surface area contributed by atoms with Crippen LogP contribution in [0.2, 0.25) is 0 Å². The maximum Gasteiger partial charge on any atom is 0.339 e. The Labute approximate surface area is 133 Å². The van der Waals surface area contributed by atoms with E-state index in [1.165, 1.54) is 19.2 Å². The van der Waals surface area contributed by atoms with Crippen molar-refractivity contribution in [3.63, 3.8) is 0 Å². The molecular weight excluding hydrogens is 299 g/mol. The number of aromatic nitrogens is 1. The van der Waals surface area contributed by atoms with Crippen LogP contribution >= 0.6 is 0 Å². The van der Waals surface area contributed by atoms with Crippen LogP contribution in [0.3, 0.4) is 0 Å². The predicted molar refractivity (Wildman–Crippen MR) is 85.3 cm³/mol. The zero-order chi connectivity index (χ0) is 17.1. The summed E-state index contributed by atoms with van der Waals surface area (Å²) in [4.78, 5) is 27.3. The van der Waals surface area contributed by atoms with E-state index in [0.29, 0.717) is 28.9 Å². The Morgan fingerprint density at radius 3 is 2.61 bits per heavy atom. The predicted octanol–water partition coefficient (Wildman–Crippen LogP) is 3.37. The first-order valence-electron chi connectivity index (χ1n) is 7.26. The van der Waals surface area contributed by atoms with Gasteiger partial charge in [0.1, 0.15) is 11.5 Å². The molecule has 1 aromatic heterocycles. The molecule has 0 saturated heterocycles. The lowest BCUT2D eigenvalue weighted by molar-refractivity contribution is 0.0599. The third-order valence-corrected chi connectivity index (χ3v) is 3.75. The van der Waals surface area contributed by atoms with Crippen molar-refractivity contribution in [1.29, 1.82) is 0 Å². The second kappa shape index (κ2) is 6.64. The number of amides is 1. The fourth-order valence-corrected chi connectivity index (χ4v) is 2.44. The van der Waals surface area contributed by atoms with Gasteiger partial charge in [0.05, 0.1) is 12.7 Å². The van der Waals surface area contributed by atoms with Crippen molar-refractivity contribution in [2.24, 2.45) is 0 Å². The van der Waals surface area contributed by atoms with E-state index in [-0.39, 0.29) is 5.69 Å². The third kappa shape index (κ3) is 3.26. The summed E-state index contributed by atoms with van der Waals surface area (Å²) in [5.41, 5.74) is 2.92. The summed E-state index contributed by atoms with van der Waals surface area (Å²) in [6, 6.07) is 4.17. The maximum atomic E-state index is 13.3. The minimum Gasteiger partial charge on any atom is -0.465 e. The molecule has 2 rings (SSSR count). The van der Waals surface area contributed by atoms with Gasteiger partial charge >= 0.3 is 5.97 Å². The van der Waals surface area contributed by atoms with Gasteiger partial charge in [-0.2, -0.15) is 0 Å². The van der Waals surface area contributed by atoms with Crippen molar-refractivity contribution in [1.82, 2.24) is 4.98 Å². The molecule has 0 fully saturated rings. The van der Waals surface area contributed by atoms with Crippen LogP contribution < -0.4 is 5.32 Å². The number of H-pyrrole nitrogens is 1. The SMILES string of the molecule is CCc1[nH]c(C(=O)Nc2cc(F)ccc2C)c(C)c1C(=O)OC. The molecule has 1 amide bonds. The van der Waals surface area contributed by atoms with Crippen LogP contribution in [0.25, 0.3) is 0 Å². The number of benzene rings is 1. The molecule has 1 heterocycles. The summed E-state index contributed by atoms with van der Waals surface area (Å²) >= 11 is 0. The molecule has 0 saturated carbocycles. The van der Waals surface area contributed by atoms with Crippen molar-refractivity contribution in [3.8, 4) is 0 Å². The van der Waals surface area contributed by atoms with Crippen molar-refractivity contribution < 1.29 is 18.7 Å². The van der Waals surface area contributed by atoms with Gasteiger partial charge < -0.3 is 15.0 Å². The number of aryl methyl sites for hydroxylation is 2. The highest BCUT2D eigenvalue weighted by molar-refractivity contribution is 6.07. The molecule has 0 aliphatic carbocycles. The molecule has 2 aromatic rings. The molecule has 1 aromatic carbocycles. The number of hydrogen-bond donors (Lipinski definition) is 2. The molecule has 122 valence electrons. The number of halogens is 1. The number of carbonyl (C=O) groups excluding carboxylic acids is 2. The van der Waals surface area contributed by atoms with Gasteiger partial charge in [-0.05, 0) is 43.5 Å². The molecule has 0 bridgehead atoms. The Morgan fingerprint density at radius 1 is 1.30 bits per heavy atom. The molecular formula is C17H19FN2O3. The van der Waals surface area contributed by atoms with E-state index in [1.54, 1.807) is 19.9 Å². The van der Waals surface area contributed by atoms with Crippen molar-refractivity contribution in [3.05, 3.63) is 52.1 Å². The number of esters is 1. The topological polar surface area (TPSA) is 71.2 Å². The zero-order valence-electron chi connectivity index (χ0n) is 13.5. The average molecular weight is 318 g/mol. The Hall–Kier alpha value is -2.63. The number of rotatable bonds is 4. The Bertz CT molecular complexity index is 765. The Kier molecular flexibility index (Phi) is 4.83. The lowest BCUT2D eigenvalue weighted by Crippen LogP contribution is -2.15. The van der Waals surface area contributed by atoms with Crippen LogP contribution in [-0.4, -0.2) is 24.0 Å². The van der Waals surface area contributed by atoms with Gasteiger partial charge in [-0.25, -0.2) is 9.18 Å². The largest absolute Gasteiger partial charge is 0.465 e. The quantitative estimate of drug-likeness (QED) is 0.849. The summed E-state index contributed by atoms with van der Waals surface area (Å²) in [6.45, 7) is 5.32. The van der Waals surface area contributed by atoms with Gasteiger partial charge in [0.2, 0.25) is 0 Å². The fourth-order valence-electron chi connectivity index (χ4n) is 2.44. The highest BCUT2D eigenvalue weighted by Crippen LogP contribution is 2.22. The van der Waals surface area contributed by atoms with Gasteiger partial charge in [-0.15, -0.1) is 0 Å². The number of anilines is 1. The van der Waals surface area contributed by atoms with E-state index >= 15 is 0 Å². The maximum absolute atomic E-state index is 13.3. The van der Waals surface area contributed by atoms with E-state index in [9.17, 15) is 14.0 Å². The van der Waals surface area contributed by atoms with Gasteiger partial charge in [0.25, 0.3) is 5.91 Å². The van der Waals surface area contributed by atoms with Gasteiger partial charge in [-0.1, -0.05) is 13.0 Å². The molecule has 5 nitrogen and oxygen atoms in total.